The molecule has 0 bridgehead atoms. The van der Waals surface area contributed by atoms with Gasteiger partial charge in [-0.3, -0.25) is 4.40 Å². The zero-order valence-corrected chi connectivity index (χ0v) is 15.5. The number of carbonyl (C=O) groups excluding carboxylic acids is 1. The van der Waals surface area contributed by atoms with Gasteiger partial charge in [-0.25, -0.2) is 14.2 Å². The Bertz CT molecular complexity index is 1060. The molecule has 0 atom stereocenters. The first-order valence-corrected chi connectivity index (χ1v) is 8.87. The molecule has 8 heteroatoms. The minimum absolute atomic E-state index is 0.165. The summed E-state index contributed by atoms with van der Waals surface area (Å²) in [7, 11) is 1.20. The van der Waals surface area contributed by atoms with Gasteiger partial charge in [-0.2, -0.15) is 4.39 Å². The second-order valence-corrected chi connectivity index (χ2v) is 6.63. The average molecular weight is 387 g/mol. The predicted octanol–water partition coefficient (Wildman–Crippen LogP) is 3.21. The van der Waals surface area contributed by atoms with Crippen molar-refractivity contribution in [2.45, 2.75) is 6.92 Å². The molecular formula is C20H19F2N3O3. The van der Waals surface area contributed by atoms with Crippen molar-refractivity contribution in [3.8, 4) is 11.1 Å². The lowest BCUT2D eigenvalue weighted by Crippen LogP contribution is -2.36. The Morgan fingerprint density at radius 2 is 1.96 bits per heavy atom. The molecule has 0 saturated carbocycles. The van der Waals surface area contributed by atoms with Gasteiger partial charge in [-0.05, 0) is 36.2 Å². The van der Waals surface area contributed by atoms with Gasteiger partial charge < -0.3 is 14.4 Å². The first-order valence-electron chi connectivity index (χ1n) is 8.87. The number of anilines is 1. The summed E-state index contributed by atoms with van der Waals surface area (Å²) in [5, 5.41) is 0. The third-order valence-electron chi connectivity index (χ3n) is 4.92. The molecule has 4 rings (SSSR count). The van der Waals surface area contributed by atoms with Gasteiger partial charge >= 0.3 is 5.97 Å². The fourth-order valence-corrected chi connectivity index (χ4v) is 3.47. The lowest BCUT2D eigenvalue weighted by Gasteiger charge is -2.29. The number of carbonyl (C=O) groups is 1. The van der Waals surface area contributed by atoms with E-state index >= 15 is 0 Å². The largest absolute Gasteiger partial charge is 0.465 e. The lowest BCUT2D eigenvalue weighted by molar-refractivity contribution is 0.0595. The molecule has 0 aliphatic carbocycles. The van der Waals surface area contributed by atoms with Crippen molar-refractivity contribution in [2.75, 3.05) is 38.3 Å². The van der Waals surface area contributed by atoms with Crippen LogP contribution in [-0.2, 0) is 9.47 Å². The first-order chi connectivity index (χ1) is 13.5. The number of pyridine rings is 1. The molecule has 146 valence electrons. The topological polar surface area (TPSA) is 56.1 Å². The van der Waals surface area contributed by atoms with E-state index < -0.39 is 17.7 Å². The number of benzene rings is 1. The molecule has 1 aliphatic heterocycles. The standard InChI is InChI=1S/C20H19F2N3O3/c1-12-7-16(21)15(20(26)27-2)9-14(12)13-8-17(24-3-5-28-6-4-24)19-23-10-18(22)25(19)11-13/h7-11H,3-6H2,1-2H3. The summed E-state index contributed by atoms with van der Waals surface area (Å²) < 4.78 is 40.0. The fraction of sp³-hybridized carbons (Fsp3) is 0.300. The normalized spacial score (nSPS) is 14.5. The zero-order valence-electron chi connectivity index (χ0n) is 15.5. The van der Waals surface area contributed by atoms with Gasteiger partial charge in [0.1, 0.15) is 5.82 Å². The number of methoxy groups -OCH3 is 1. The molecular weight excluding hydrogens is 368 g/mol. The summed E-state index contributed by atoms with van der Waals surface area (Å²) in [5.41, 5.74) is 2.98. The number of rotatable bonds is 3. The van der Waals surface area contributed by atoms with Gasteiger partial charge in [0, 0.05) is 24.8 Å². The van der Waals surface area contributed by atoms with E-state index in [9.17, 15) is 13.6 Å². The van der Waals surface area contributed by atoms with Crippen LogP contribution in [0.1, 0.15) is 15.9 Å². The van der Waals surface area contributed by atoms with Gasteiger partial charge in [-0.15, -0.1) is 0 Å². The van der Waals surface area contributed by atoms with E-state index in [0.717, 1.165) is 5.69 Å². The Hall–Kier alpha value is -3.00. The van der Waals surface area contributed by atoms with E-state index in [1.807, 2.05) is 6.07 Å². The van der Waals surface area contributed by atoms with Gasteiger partial charge in [0.05, 0.1) is 37.8 Å². The van der Waals surface area contributed by atoms with Gasteiger partial charge in [0.15, 0.2) is 5.65 Å². The number of aromatic nitrogens is 2. The van der Waals surface area contributed by atoms with Crippen LogP contribution in [0.3, 0.4) is 0 Å². The van der Waals surface area contributed by atoms with Crippen molar-refractivity contribution in [1.29, 1.82) is 0 Å². The molecule has 1 aromatic carbocycles. The highest BCUT2D eigenvalue weighted by Crippen LogP contribution is 2.32. The minimum atomic E-state index is -0.762. The maximum atomic E-state index is 14.3. The molecule has 1 aliphatic rings. The summed E-state index contributed by atoms with van der Waals surface area (Å²) in [6.45, 7) is 4.19. The van der Waals surface area contributed by atoms with Crippen LogP contribution in [0.2, 0.25) is 0 Å². The molecule has 0 unspecified atom stereocenters. The van der Waals surface area contributed by atoms with E-state index in [2.05, 4.69) is 14.6 Å². The number of hydrogen-bond donors (Lipinski definition) is 0. The van der Waals surface area contributed by atoms with Crippen molar-refractivity contribution < 1.29 is 23.0 Å². The van der Waals surface area contributed by atoms with Gasteiger partial charge in [-0.1, -0.05) is 0 Å². The van der Waals surface area contributed by atoms with Crippen molar-refractivity contribution in [3.63, 3.8) is 0 Å². The number of esters is 1. The number of fused-ring (bicyclic) bond motifs is 1. The van der Waals surface area contributed by atoms with E-state index in [0.29, 0.717) is 48.6 Å². The molecule has 0 radical (unpaired) electrons. The van der Waals surface area contributed by atoms with E-state index in [1.165, 1.54) is 29.8 Å². The average Bonchev–Trinajstić information content (AvgIpc) is 3.08. The van der Waals surface area contributed by atoms with Crippen LogP contribution in [0.4, 0.5) is 14.5 Å². The number of halogens is 2. The molecule has 1 saturated heterocycles. The molecule has 2 aromatic heterocycles. The number of aryl methyl sites for hydroxylation is 1. The second-order valence-electron chi connectivity index (χ2n) is 6.63. The van der Waals surface area contributed by atoms with Crippen molar-refractivity contribution in [3.05, 3.63) is 53.5 Å². The molecule has 1 fully saturated rings. The zero-order chi connectivity index (χ0) is 19.8. The molecule has 0 N–H and O–H groups in total. The molecule has 0 spiro atoms. The van der Waals surface area contributed by atoms with Crippen LogP contribution in [-0.4, -0.2) is 48.8 Å². The predicted molar refractivity (Wildman–Crippen MR) is 99.7 cm³/mol. The number of hydrogen-bond acceptors (Lipinski definition) is 5. The monoisotopic (exact) mass is 387 g/mol. The summed E-state index contributed by atoms with van der Waals surface area (Å²) >= 11 is 0. The highest BCUT2D eigenvalue weighted by Gasteiger charge is 2.21. The van der Waals surface area contributed by atoms with Gasteiger partial charge in [0.2, 0.25) is 5.95 Å². The quantitative estimate of drug-likeness (QED) is 0.646. The van der Waals surface area contributed by atoms with Crippen LogP contribution < -0.4 is 4.90 Å². The summed E-state index contributed by atoms with van der Waals surface area (Å²) in [4.78, 5) is 18.2. The smallest absolute Gasteiger partial charge is 0.340 e. The third-order valence-corrected chi connectivity index (χ3v) is 4.92. The van der Waals surface area contributed by atoms with Crippen LogP contribution in [0, 0.1) is 18.7 Å². The van der Waals surface area contributed by atoms with Crippen molar-refractivity contribution >= 4 is 17.3 Å². The van der Waals surface area contributed by atoms with Crippen LogP contribution in [0.5, 0.6) is 0 Å². The fourth-order valence-electron chi connectivity index (χ4n) is 3.47. The number of nitrogens with zero attached hydrogens (tertiary/aromatic N) is 3. The Labute approximate surface area is 160 Å². The lowest BCUT2D eigenvalue weighted by atomic mass is 9.98. The maximum Gasteiger partial charge on any atom is 0.340 e. The molecule has 28 heavy (non-hydrogen) atoms. The molecule has 3 aromatic rings. The summed E-state index contributed by atoms with van der Waals surface area (Å²) in [5.74, 6) is -1.92. The number of morpholine rings is 1. The Morgan fingerprint density at radius 3 is 2.68 bits per heavy atom. The number of ether oxygens (including phenoxy) is 2. The minimum Gasteiger partial charge on any atom is -0.465 e. The Morgan fingerprint density at radius 1 is 1.21 bits per heavy atom. The summed E-state index contributed by atoms with van der Waals surface area (Å²) in [6, 6.07) is 4.61. The van der Waals surface area contributed by atoms with Crippen molar-refractivity contribution in [1.82, 2.24) is 9.38 Å². The van der Waals surface area contributed by atoms with Crippen LogP contribution in [0.25, 0.3) is 16.8 Å². The first kappa shape index (κ1) is 18.4. The van der Waals surface area contributed by atoms with E-state index in [1.54, 1.807) is 13.1 Å². The van der Waals surface area contributed by atoms with E-state index in [4.69, 9.17) is 4.74 Å². The highest BCUT2D eigenvalue weighted by atomic mass is 19.1. The summed E-state index contributed by atoms with van der Waals surface area (Å²) in [6.07, 6.45) is 2.77. The van der Waals surface area contributed by atoms with Crippen LogP contribution in [0.15, 0.2) is 30.6 Å². The highest BCUT2D eigenvalue weighted by molar-refractivity contribution is 5.92. The van der Waals surface area contributed by atoms with E-state index in [-0.39, 0.29) is 5.56 Å². The molecule has 6 nitrogen and oxygen atoms in total. The second kappa shape index (κ2) is 7.20. The molecule has 0 amide bonds. The molecule has 3 heterocycles. The van der Waals surface area contributed by atoms with Crippen LogP contribution >= 0.6 is 0 Å². The Balaban J connectivity index is 1.92. The maximum absolute atomic E-state index is 14.3. The van der Waals surface area contributed by atoms with Gasteiger partial charge in [0.25, 0.3) is 0 Å². The number of imidazole rings is 1. The van der Waals surface area contributed by atoms with Crippen molar-refractivity contribution in [2.24, 2.45) is 0 Å². The Kier molecular flexibility index (Phi) is 4.72. The SMILES string of the molecule is COC(=O)c1cc(-c2cc(N3CCOCC3)c3ncc(F)n3c2)c(C)cc1F. The third kappa shape index (κ3) is 3.09.